The summed E-state index contributed by atoms with van der Waals surface area (Å²) in [4.78, 5) is 0. The highest BCUT2D eigenvalue weighted by atomic mass is 16.5. The molecule has 1 aliphatic carbocycles. The van der Waals surface area contributed by atoms with Crippen LogP contribution in [0.1, 0.15) is 16.7 Å². The van der Waals surface area contributed by atoms with Gasteiger partial charge in [0.25, 0.3) is 0 Å². The van der Waals surface area contributed by atoms with Crippen LogP contribution in [0.15, 0.2) is 103 Å². The zero-order valence-electron chi connectivity index (χ0n) is 14.7. The predicted octanol–water partition coefficient (Wildman–Crippen LogP) is 6.26. The number of hydrogen-bond donors (Lipinski definition) is 0. The number of methoxy groups -OCH3 is 1. The quantitative estimate of drug-likeness (QED) is 0.546. The molecule has 0 amide bonds. The van der Waals surface area contributed by atoms with Gasteiger partial charge in [0.2, 0.25) is 0 Å². The topological polar surface area (TPSA) is 9.23 Å². The highest BCUT2D eigenvalue weighted by Gasteiger charge is 2.15. The third-order valence-electron chi connectivity index (χ3n) is 4.55. The molecule has 0 bridgehead atoms. The molecule has 1 nitrogen and oxygen atoms in total. The normalized spacial score (nSPS) is 14.9. The summed E-state index contributed by atoms with van der Waals surface area (Å²) < 4.78 is 5.26. The van der Waals surface area contributed by atoms with Crippen molar-refractivity contribution in [3.05, 3.63) is 119 Å². The molecule has 126 valence electrons. The van der Waals surface area contributed by atoms with E-state index < -0.39 is 0 Å². The zero-order chi connectivity index (χ0) is 17.8. The maximum Gasteiger partial charge on any atom is 0.118 e. The Hall–Kier alpha value is -3.32. The standard InChI is InChI=1S/C25H20O/c1-26-24-14-12-19(13-15-24)16-23-17-22(20-8-4-2-5-9-20)18-25(23)21-10-6-3-7-11-21/h2-18H,1H3/b23-16+. The van der Waals surface area contributed by atoms with Crippen molar-refractivity contribution in [2.75, 3.05) is 7.11 Å². The van der Waals surface area contributed by atoms with Crippen molar-refractivity contribution in [2.24, 2.45) is 0 Å². The van der Waals surface area contributed by atoms with Crippen LogP contribution >= 0.6 is 0 Å². The number of benzene rings is 3. The first kappa shape index (κ1) is 16.2. The lowest BCUT2D eigenvalue weighted by Crippen LogP contribution is -1.85. The largest absolute Gasteiger partial charge is 0.497 e. The van der Waals surface area contributed by atoms with E-state index in [1.807, 2.05) is 12.1 Å². The Bertz CT molecular complexity index is 975. The molecule has 0 N–H and O–H groups in total. The van der Waals surface area contributed by atoms with Gasteiger partial charge in [0.15, 0.2) is 0 Å². The molecular formula is C25H20O. The maximum absolute atomic E-state index is 5.26. The van der Waals surface area contributed by atoms with E-state index in [2.05, 4.69) is 91.0 Å². The summed E-state index contributed by atoms with van der Waals surface area (Å²) >= 11 is 0. The average Bonchev–Trinajstić information content (AvgIpc) is 3.14. The van der Waals surface area contributed by atoms with E-state index in [9.17, 15) is 0 Å². The van der Waals surface area contributed by atoms with Gasteiger partial charge in [-0.05, 0) is 63.8 Å². The Morgan fingerprint density at radius 1 is 0.654 bits per heavy atom. The van der Waals surface area contributed by atoms with Crippen LogP contribution in [0.5, 0.6) is 5.75 Å². The smallest absolute Gasteiger partial charge is 0.118 e. The third-order valence-corrected chi connectivity index (χ3v) is 4.55. The fourth-order valence-electron chi connectivity index (χ4n) is 3.19. The van der Waals surface area contributed by atoms with Gasteiger partial charge in [-0.3, -0.25) is 0 Å². The first-order chi connectivity index (χ1) is 12.8. The molecule has 4 rings (SSSR count). The van der Waals surface area contributed by atoms with Gasteiger partial charge < -0.3 is 4.74 Å². The first-order valence-corrected chi connectivity index (χ1v) is 8.74. The summed E-state index contributed by atoms with van der Waals surface area (Å²) in [5, 5.41) is 0. The van der Waals surface area contributed by atoms with Crippen LogP contribution in [0.2, 0.25) is 0 Å². The highest BCUT2D eigenvalue weighted by molar-refractivity contribution is 6.02. The monoisotopic (exact) mass is 336 g/mol. The third kappa shape index (κ3) is 3.38. The second-order valence-electron chi connectivity index (χ2n) is 6.26. The molecule has 3 aromatic rings. The van der Waals surface area contributed by atoms with Crippen molar-refractivity contribution in [1.82, 2.24) is 0 Å². The lowest BCUT2D eigenvalue weighted by molar-refractivity contribution is 0.415. The molecule has 0 aliphatic heterocycles. The van der Waals surface area contributed by atoms with Crippen molar-refractivity contribution in [3.63, 3.8) is 0 Å². The van der Waals surface area contributed by atoms with Gasteiger partial charge in [-0.2, -0.15) is 0 Å². The summed E-state index contributed by atoms with van der Waals surface area (Å²) in [7, 11) is 1.69. The number of allylic oxidation sites excluding steroid dienone is 5. The molecule has 0 saturated carbocycles. The summed E-state index contributed by atoms with van der Waals surface area (Å²) in [6, 6.07) is 29.2. The Morgan fingerprint density at radius 3 is 1.88 bits per heavy atom. The minimum absolute atomic E-state index is 0.873. The minimum atomic E-state index is 0.873. The molecule has 0 unspecified atom stereocenters. The fourth-order valence-corrected chi connectivity index (χ4v) is 3.19. The molecule has 0 heterocycles. The summed E-state index contributed by atoms with van der Waals surface area (Å²) in [6.45, 7) is 0. The van der Waals surface area contributed by atoms with Crippen molar-refractivity contribution in [2.45, 2.75) is 0 Å². The van der Waals surface area contributed by atoms with E-state index in [4.69, 9.17) is 4.74 Å². The molecule has 26 heavy (non-hydrogen) atoms. The fraction of sp³-hybridized carbons (Fsp3) is 0.0400. The van der Waals surface area contributed by atoms with Gasteiger partial charge in [-0.1, -0.05) is 72.8 Å². The average molecular weight is 336 g/mol. The number of hydrogen-bond acceptors (Lipinski definition) is 1. The Kier molecular flexibility index (Phi) is 4.53. The second-order valence-corrected chi connectivity index (χ2v) is 6.26. The van der Waals surface area contributed by atoms with Gasteiger partial charge in [0.05, 0.1) is 7.11 Å². The molecule has 0 radical (unpaired) electrons. The first-order valence-electron chi connectivity index (χ1n) is 8.74. The van der Waals surface area contributed by atoms with Crippen LogP contribution in [-0.4, -0.2) is 7.11 Å². The van der Waals surface area contributed by atoms with E-state index in [1.165, 1.54) is 27.8 Å². The molecule has 1 aliphatic rings. The number of ether oxygens (including phenoxy) is 1. The van der Waals surface area contributed by atoms with Crippen LogP contribution in [0, 0.1) is 0 Å². The van der Waals surface area contributed by atoms with Crippen molar-refractivity contribution >= 4 is 17.2 Å². The van der Waals surface area contributed by atoms with Gasteiger partial charge >= 0.3 is 0 Å². The summed E-state index contributed by atoms with van der Waals surface area (Å²) in [6.07, 6.45) is 6.77. The van der Waals surface area contributed by atoms with Crippen LogP contribution < -0.4 is 4.74 Å². The molecule has 1 heteroatoms. The summed E-state index contributed by atoms with van der Waals surface area (Å²) in [5.41, 5.74) is 7.34. The van der Waals surface area contributed by atoms with Crippen LogP contribution in [-0.2, 0) is 0 Å². The van der Waals surface area contributed by atoms with Gasteiger partial charge in [0, 0.05) is 0 Å². The number of rotatable bonds is 4. The molecule has 0 saturated heterocycles. The molecule has 3 aromatic carbocycles. The highest BCUT2D eigenvalue weighted by Crippen LogP contribution is 2.37. The Morgan fingerprint density at radius 2 is 1.27 bits per heavy atom. The SMILES string of the molecule is COc1ccc(/C=C2\C=C(c3ccccc3)C=C2c2ccccc2)cc1. The van der Waals surface area contributed by atoms with E-state index in [1.54, 1.807) is 7.11 Å². The van der Waals surface area contributed by atoms with E-state index in [-0.39, 0.29) is 0 Å². The van der Waals surface area contributed by atoms with E-state index in [0.29, 0.717) is 0 Å². The predicted molar refractivity (Wildman–Crippen MR) is 110 cm³/mol. The van der Waals surface area contributed by atoms with E-state index in [0.717, 1.165) is 11.3 Å². The van der Waals surface area contributed by atoms with Gasteiger partial charge in [0.1, 0.15) is 5.75 Å². The molecule has 0 atom stereocenters. The summed E-state index contributed by atoms with van der Waals surface area (Å²) in [5.74, 6) is 0.873. The molecule has 0 aromatic heterocycles. The minimum Gasteiger partial charge on any atom is -0.497 e. The van der Waals surface area contributed by atoms with Crippen LogP contribution in [0.25, 0.3) is 17.2 Å². The van der Waals surface area contributed by atoms with Gasteiger partial charge in [-0.15, -0.1) is 0 Å². The van der Waals surface area contributed by atoms with Gasteiger partial charge in [-0.25, -0.2) is 0 Å². The van der Waals surface area contributed by atoms with Crippen LogP contribution in [0.3, 0.4) is 0 Å². The lowest BCUT2D eigenvalue weighted by atomic mass is 9.99. The van der Waals surface area contributed by atoms with Crippen LogP contribution in [0.4, 0.5) is 0 Å². The molecule has 0 fully saturated rings. The molecular weight excluding hydrogens is 316 g/mol. The van der Waals surface area contributed by atoms with Crippen molar-refractivity contribution in [3.8, 4) is 5.75 Å². The van der Waals surface area contributed by atoms with Crippen molar-refractivity contribution in [1.29, 1.82) is 0 Å². The molecule has 0 spiro atoms. The second kappa shape index (κ2) is 7.28. The van der Waals surface area contributed by atoms with Crippen molar-refractivity contribution < 1.29 is 4.74 Å². The van der Waals surface area contributed by atoms with E-state index >= 15 is 0 Å². The maximum atomic E-state index is 5.26. The lowest BCUT2D eigenvalue weighted by Gasteiger charge is -2.06. The Balaban J connectivity index is 1.77. The zero-order valence-corrected chi connectivity index (χ0v) is 14.7. The Labute approximate surface area is 154 Å².